The summed E-state index contributed by atoms with van der Waals surface area (Å²) in [6.45, 7) is 10.1. The first kappa shape index (κ1) is 30.6. The van der Waals surface area contributed by atoms with E-state index in [4.69, 9.17) is 36.8 Å². The van der Waals surface area contributed by atoms with Crippen LogP contribution in [0.1, 0.15) is 57.7 Å². The first-order valence-corrected chi connectivity index (χ1v) is 14.4. The third kappa shape index (κ3) is 6.59. The molecular formula is C30H40ClN5O5. The SMILES string of the molecule is CCC[C@H](O)COc1ccc(Cl)c(-c2nc(C(C(C)=O)=C(C)N)c(C)c(N3CC4(CCN(C(=O)OC)CC4)C3)n2)c1. The van der Waals surface area contributed by atoms with Crippen molar-refractivity contribution in [2.45, 2.75) is 59.5 Å². The summed E-state index contributed by atoms with van der Waals surface area (Å²) in [4.78, 5) is 38.4. The maximum Gasteiger partial charge on any atom is 0.409 e. The van der Waals surface area contributed by atoms with Crippen molar-refractivity contribution in [2.75, 3.05) is 44.8 Å². The number of anilines is 1. The number of benzene rings is 1. The minimum atomic E-state index is -0.568. The van der Waals surface area contributed by atoms with Crippen LogP contribution in [0.5, 0.6) is 5.75 Å². The van der Waals surface area contributed by atoms with Gasteiger partial charge in [0.1, 0.15) is 18.2 Å². The molecule has 0 radical (unpaired) electrons. The van der Waals surface area contributed by atoms with Crippen molar-refractivity contribution in [3.63, 3.8) is 0 Å². The molecule has 11 heteroatoms. The zero-order valence-electron chi connectivity index (χ0n) is 24.5. The maximum atomic E-state index is 12.7. The number of carbonyl (C=O) groups is 2. The number of nitrogens with two attached hydrogens (primary N) is 1. The van der Waals surface area contributed by atoms with Crippen molar-refractivity contribution in [3.8, 4) is 17.1 Å². The molecule has 2 saturated heterocycles. The number of carbonyl (C=O) groups excluding carboxylic acids is 2. The molecule has 3 heterocycles. The van der Waals surface area contributed by atoms with Gasteiger partial charge in [-0.25, -0.2) is 14.8 Å². The zero-order valence-corrected chi connectivity index (χ0v) is 25.3. The van der Waals surface area contributed by atoms with Crippen LogP contribution in [-0.4, -0.2) is 77.9 Å². The van der Waals surface area contributed by atoms with Gasteiger partial charge in [0.2, 0.25) is 0 Å². The van der Waals surface area contributed by atoms with E-state index < -0.39 is 6.10 Å². The summed E-state index contributed by atoms with van der Waals surface area (Å²) in [5, 5.41) is 10.5. The molecule has 41 heavy (non-hydrogen) atoms. The Labute approximate surface area is 246 Å². The monoisotopic (exact) mass is 585 g/mol. The summed E-state index contributed by atoms with van der Waals surface area (Å²) < 4.78 is 10.7. The first-order valence-electron chi connectivity index (χ1n) is 14.0. The number of nitrogens with zero attached hydrogens (tertiary/aromatic N) is 4. The highest BCUT2D eigenvalue weighted by Crippen LogP contribution is 2.44. The van der Waals surface area contributed by atoms with E-state index in [9.17, 15) is 14.7 Å². The number of rotatable bonds is 9. The second-order valence-electron chi connectivity index (χ2n) is 11.2. The van der Waals surface area contributed by atoms with Crippen LogP contribution in [0.25, 0.3) is 17.0 Å². The number of allylic oxidation sites excluding steroid dienone is 2. The van der Waals surface area contributed by atoms with Gasteiger partial charge in [0, 0.05) is 48.4 Å². The van der Waals surface area contributed by atoms with Crippen molar-refractivity contribution >= 4 is 34.9 Å². The number of aromatic nitrogens is 2. The lowest BCUT2D eigenvalue weighted by molar-refractivity contribution is -0.111. The van der Waals surface area contributed by atoms with Crippen LogP contribution in [0, 0.1) is 12.3 Å². The van der Waals surface area contributed by atoms with Crippen LogP contribution in [0.3, 0.4) is 0 Å². The molecule has 10 nitrogen and oxygen atoms in total. The number of aliphatic hydroxyl groups excluding tert-OH is 1. The summed E-state index contributed by atoms with van der Waals surface area (Å²) in [7, 11) is 1.40. The van der Waals surface area contributed by atoms with Gasteiger partial charge in [0.25, 0.3) is 0 Å². The lowest BCUT2D eigenvalue weighted by Gasteiger charge is -2.54. The highest BCUT2D eigenvalue weighted by molar-refractivity contribution is 6.33. The van der Waals surface area contributed by atoms with E-state index in [1.165, 1.54) is 14.0 Å². The Kier molecular flexibility index (Phi) is 9.44. The normalized spacial score (nSPS) is 17.5. The van der Waals surface area contributed by atoms with Gasteiger partial charge in [-0.15, -0.1) is 0 Å². The van der Waals surface area contributed by atoms with Gasteiger partial charge in [-0.3, -0.25) is 4.79 Å². The molecule has 0 bridgehead atoms. The van der Waals surface area contributed by atoms with Crippen LogP contribution >= 0.6 is 11.6 Å². The van der Waals surface area contributed by atoms with E-state index in [1.807, 2.05) is 13.8 Å². The summed E-state index contributed by atoms with van der Waals surface area (Å²) in [6, 6.07) is 5.21. The van der Waals surface area contributed by atoms with Gasteiger partial charge in [-0.2, -0.15) is 0 Å². The highest BCUT2D eigenvalue weighted by atomic mass is 35.5. The third-order valence-electron chi connectivity index (χ3n) is 7.96. The van der Waals surface area contributed by atoms with Crippen molar-refractivity contribution in [3.05, 3.63) is 40.2 Å². The molecule has 0 saturated carbocycles. The minimum absolute atomic E-state index is 0.0794. The van der Waals surface area contributed by atoms with Crippen LogP contribution < -0.4 is 15.4 Å². The molecule has 3 N–H and O–H groups in total. The summed E-state index contributed by atoms with van der Waals surface area (Å²) in [5.41, 5.74) is 8.77. The van der Waals surface area contributed by atoms with Crippen LogP contribution in [0.15, 0.2) is 23.9 Å². The van der Waals surface area contributed by atoms with Crippen LogP contribution in [0.4, 0.5) is 10.6 Å². The van der Waals surface area contributed by atoms with E-state index in [0.717, 1.165) is 37.9 Å². The second-order valence-corrected chi connectivity index (χ2v) is 11.6. The Morgan fingerprint density at radius 2 is 1.88 bits per heavy atom. The highest BCUT2D eigenvalue weighted by Gasteiger charge is 2.47. The average molecular weight is 586 g/mol. The molecule has 2 fully saturated rings. The molecule has 1 aromatic heterocycles. The Morgan fingerprint density at radius 1 is 1.20 bits per heavy atom. The number of likely N-dealkylation sites (tertiary alicyclic amines) is 1. The van der Waals surface area contributed by atoms with E-state index in [1.54, 1.807) is 30.0 Å². The van der Waals surface area contributed by atoms with E-state index >= 15 is 0 Å². The molecule has 2 aliphatic heterocycles. The molecule has 0 unspecified atom stereocenters. The summed E-state index contributed by atoms with van der Waals surface area (Å²) >= 11 is 6.64. The maximum absolute atomic E-state index is 12.7. The third-order valence-corrected chi connectivity index (χ3v) is 8.28. The molecular weight excluding hydrogens is 546 g/mol. The predicted molar refractivity (Wildman–Crippen MR) is 159 cm³/mol. The van der Waals surface area contributed by atoms with E-state index in [0.29, 0.717) is 64.5 Å². The molecule has 2 aromatic rings. The Morgan fingerprint density at radius 3 is 2.46 bits per heavy atom. The summed E-state index contributed by atoms with van der Waals surface area (Å²) in [6.07, 6.45) is 2.39. The molecule has 1 atom stereocenters. The molecule has 0 aliphatic carbocycles. The fraction of sp³-hybridized carbons (Fsp3) is 0.533. The van der Waals surface area contributed by atoms with E-state index in [2.05, 4.69) is 4.90 Å². The number of halogens is 1. The number of hydrogen-bond acceptors (Lipinski definition) is 9. The lowest BCUT2D eigenvalue weighted by Crippen LogP contribution is -2.61. The molecule has 2 aliphatic rings. The summed E-state index contributed by atoms with van der Waals surface area (Å²) in [5.74, 6) is 1.41. The molecule has 222 valence electrons. The lowest BCUT2D eigenvalue weighted by atomic mass is 9.72. The predicted octanol–water partition coefficient (Wildman–Crippen LogP) is 4.59. The fourth-order valence-electron chi connectivity index (χ4n) is 5.70. The Bertz CT molecular complexity index is 1330. The van der Waals surface area contributed by atoms with Crippen molar-refractivity contribution in [1.29, 1.82) is 0 Å². The minimum Gasteiger partial charge on any atom is -0.491 e. The zero-order chi connectivity index (χ0) is 29.9. The smallest absolute Gasteiger partial charge is 0.409 e. The van der Waals surface area contributed by atoms with Crippen molar-refractivity contribution in [2.24, 2.45) is 11.1 Å². The topological polar surface area (TPSA) is 131 Å². The van der Waals surface area contributed by atoms with Gasteiger partial charge in [-0.1, -0.05) is 24.9 Å². The standard InChI is InChI=1S/C30H40ClN5O5/c1-6-7-21(38)15-41-22-8-9-24(31)23(14-22)27-33-26(25(19(3)32)20(4)37)18(2)28(34-27)36-16-30(17-36)10-12-35(13-11-30)29(39)40-5/h8-9,14,21,38H,6-7,10-13,15-17,32H2,1-5H3/t21-/m0/s1. The average Bonchev–Trinajstić information content (AvgIpc) is 2.92. The number of ketones is 1. The van der Waals surface area contributed by atoms with Gasteiger partial charge < -0.3 is 30.1 Å². The molecule has 1 spiro atoms. The van der Waals surface area contributed by atoms with Gasteiger partial charge in [-0.05, 0) is 58.2 Å². The number of piperidine rings is 1. The van der Waals surface area contributed by atoms with Crippen molar-refractivity contribution in [1.82, 2.24) is 14.9 Å². The van der Waals surface area contributed by atoms with Gasteiger partial charge in [0.05, 0.1) is 29.5 Å². The van der Waals surface area contributed by atoms with E-state index in [-0.39, 0.29) is 23.9 Å². The first-order chi connectivity index (χ1) is 19.5. The number of hydrogen-bond donors (Lipinski definition) is 2. The number of aliphatic hydroxyl groups is 1. The van der Waals surface area contributed by atoms with Gasteiger partial charge in [0.15, 0.2) is 11.6 Å². The largest absolute Gasteiger partial charge is 0.491 e. The number of amides is 1. The van der Waals surface area contributed by atoms with Gasteiger partial charge >= 0.3 is 6.09 Å². The number of ether oxygens (including phenoxy) is 2. The Balaban J connectivity index is 1.69. The molecule has 1 amide bonds. The fourth-order valence-corrected chi connectivity index (χ4v) is 5.91. The van der Waals surface area contributed by atoms with Crippen LogP contribution in [-0.2, 0) is 9.53 Å². The molecule has 4 rings (SSSR count). The number of methoxy groups -OCH3 is 1. The van der Waals surface area contributed by atoms with Crippen LogP contribution in [0.2, 0.25) is 5.02 Å². The Hall–Kier alpha value is -3.37. The second kappa shape index (κ2) is 12.7. The quantitative estimate of drug-likeness (QED) is 0.405. The van der Waals surface area contributed by atoms with Crippen molar-refractivity contribution < 1.29 is 24.2 Å². The number of Topliss-reactive ketones (excluding diaryl/α,β-unsaturated/α-hetero) is 1. The molecule has 1 aromatic carbocycles.